The molecule has 2 unspecified atom stereocenters. The second-order valence-corrected chi connectivity index (χ2v) is 6.02. The fraction of sp³-hybridized carbons (Fsp3) is 0.444. The van der Waals surface area contributed by atoms with Crippen molar-refractivity contribution in [2.75, 3.05) is 6.54 Å². The first-order valence-corrected chi connectivity index (χ1v) is 8.16. The van der Waals surface area contributed by atoms with Gasteiger partial charge < -0.3 is 20.3 Å². The first-order valence-electron chi connectivity index (χ1n) is 8.16. The summed E-state index contributed by atoms with van der Waals surface area (Å²) in [4.78, 5) is 11.9. The highest BCUT2D eigenvalue weighted by atomic mass is 16.5. The molecule has 0 aliphatic rings. The van der Waals surface area contributed by atoms with E-state index in [2.05, 4.69) is 15.8 Å². The maximum Gasteiger partial charge on any atom is 0.315 e. The topological polar surface area (TPSA) is 87.4 Å². The average molecular weight is 331 g/mol. The number of benzene rings is 1. The van der Waals surface area contributed by atoms with Gasteiger partial charge in [0.05, 0.1) is 11.8 Å². The van der Waals surface area contributed by atoms with Crippen LogP contribution in [0.4, 0.5) is 4.79 Å². The van der Waals surface area contributed by atoms with Crippen LogP contribution < -0.4 is 10.6 Å². The number of urea groups is 1. The molecule has 1 aromatic heterocycles. The van der Waals surface area contributed by atoms with Gasteiger partial charge in [-0.3, -0.25) is 0 Å². The van der Waals surface area contributed by atoms with E-state index in [1.807, 2.05) is 51.1 Å². The largest absolute Gasteiger partial charge is 0.388 e. The minimum absolute atomic E-state index is 0.0409. The smallest absolute Gasteiger partial charge is 0.315 e. The number of hydrogen-bond donors (Lipinski definition) is 3. The van der Waals surface area contributed by atoms with Crippen LogP contribution >= 0.6 is 0 Å². The van der Waals surface area contributed by atoms with E-state index in [9.17, 15) is 9.90 Å². The van der Waals surface area contributed by atoms with Crippen LogP contribution in [-0.2, 0) is 6.42 Å². The van der Waals surface area contributed by atoms with E-state index in [0.717, 1.165) is 22.6 Å². The van der Waals surface area contributed by atoms with E-state index >= 15 is 0 Å². The Morgan fingerprint density at radius 3 is 2.62 bits per heavy atom. The summed E-state index contributed by atoms with van der Waals surface area (Å²) in [6.07, 6.45) is 0.558. The van der Waals surface area contributed by atoms with Crippen LogP contribution in [0.5, 0.6) is 0 Å². The zero-order valence-electron chi connectivity index (χ0n) is 14.4. The molecule has 0 radical (unpaired) electrons. The third kappa shape index (κ3) is 5.09. The van der Waals surface area contributed by atoms with E-state index in [1.54, 1.807) is 0 Å². The molecule has 6 heteroatoms. The summed E-state index contributed by atoms with van der Waals surface area (Å²) in [5, 5.41) is 19.6. The lowest BCUT2D eigenvalue weighted by atomic mass is 10.1. The minimum atomic E-state index is -0.578. The van der Waals surface area contributed by atoms with Gasteiger partial charge in [0.2, 0.25) is 0 Å². The second kappa shape index (κ2) is 8.49. The summed E-state index contributed by atoms with van der Waals surface area (Å²) in [5.41, 5.74) is 2.74. The van der Waals surface area contributed by atoms with Crippen LogP contribution in [0.2, 0.25) is 0 Å². The summed E-state index contributed by atoms with van der Waals surface area (Å²) in [6.45, 7) is 6.10. The highest BCUT2D eigenvalue weighted by molar-refractivity contribution is 5.74. The number of aromatic nitrogens is 1. The maximum absolute atomic E-state index is 11.9. The SMILES string of the molecule is Cc1noc(C)c1CC(C)NC(=O)NCCC(O)c1ccccc1. The monoisotopic (exact) mass is 331 g/mol. The predicted molar refractivity (Wildman–Crippen MR) is 91.7 cm³/mol. The van der Waals surface area contributed by atoms with Crippen LogP contribution in [0.15, 0.2) is 34.9 Å². The van der Waals surface area contributed by atoms with Crippen LogP contribution in [0.1, 0.15) is 42.0 Å². The fourth-order valence-corrected chi connectivity index (χ4v) is 2.59. The molecule has 2 aromatic rings. The summed E-state index contributed by atoms with van der Waals surface area (Å²) in [5.74, 6) is 0.785. The zero-order chi connectivity index (χ0) is 17.5. The van der Waals surface area contributed by atoms with Crippen molar-refractivity contribution in [1.29, 1.82) is 0 Å². The van der Waals surface area contributed by atoms with E-state index < -0.39 is 6.10 Å². The van der Waals surface area contributed by atoms with E-state index in [4.69, 9.17) is 4.52 Å². The van der Waals surface area contributed by atoms with Crippen LogP contribution in [0.25, 0.3) is 0 Å². The highest BCUT2D eigenvalue weighted by Crippen LogP contribution is 2.15. The lowest BCUT2D eigenvalue weighted by Crippen LogP contribution is -2.42. The van der Waals surface area contributed by atoms with Gasteiger partial charge in [0.15, 0.2) is 0 Å². The number of hydrogen-bond acceptors (Lipinski definition) is 4. The molecule has 0 bridgehead atoms. The molecule has 0 aliphatic heterocycles. The number of aliphatic hydroxyl groups is 1. The van der Waals surface area contributed by atoms with Gasteiger partial charge in [-0.1, -0.05) is 35.5 Å². The molecule has 130 valence electrons. The lowest BCUT2D eigenvalue weighted by Gasteiger charge is -2.16. The van der Waals surface area contributed by atoms with Crippen molar-refractivity contribution in [1.82, 2.24) is 15.8 Å². The first kappa shape index (κ1) is 18.0. The number of nitrogens with zero attached hydrogens (tertiary/aromatic N) is 1. The Labute approximate surface area is 142 Å². The number of rotatable bonds is 7. The number of nitrogens with one attached hydrogen (secondary N) is 2. The fourth-order valence-electron chi connectivity index (χ4n) is 2.59. The number of carbonyl (C=O) groups excluding carboxylic acids is 1. The Balaban J connectivity index is 1.71. The molecule has 1 heterocycles. The normalized spacial score (nSPS) is 13.3. The molecule has 0 saturated carbocycles. The van der Waals surface area contributed by atoms with Crippen LogP contribution in [-0.4, -0.2) is 28.9 Å². The quantitative estimate of drug-likeness (QED) is 0.728. The van der Waals surface area contributed by atoms with Crippen molar-refractivity contribution < 1.29 is 14.4 Å². The standard InChI is InChI=1S/C18H25N3O3/c1-12(11-16-13(2)21-24-14(16)3)20-18(23)19-10-9-17(22)15-7-5-4-6-8-15/h4-8,12,17,22H,9-11H2,1-3H3,(H2,19,20,23). The molecule has 2 rings (SSSR count). The molecule has 24 heavy (non-hydrogen) atoms. The number of aliphatic hydroxyl groups excluding tert-OH is 1. The minimum Gasteiger partial charge on any atom is -0.388 e. The van der Waals surface area contributed by atoms with Gasteiger partial charge in [0.1, 0.15) is 5.76 Å². The molecule has 1 aromatic carbocycles. The molecule has 0 saturated heterocycles. The van der Waals surface area contributed by atoms with Gasteiger partial charge in [-0.2, -0.15) is 0 Å². The Morgan fingerprint density at radius 1 is 1.29 bits per heavy atom. The average Bonchev–Trinajstić information content (AvgIpc) is 2.87. The van der Waals surface area contributed by atoms with Crippen LogP contribution in [0.3, 0.4) is 0 Å². The van der Waals surface area contributed by atoms with E-state index in [1.165, 1.54) is 0 Å². The van der Waals surface area contributed by atoms with Gasteiger partial charge in [0, 0.05) is 18.2 Å². The summed E-state index contributed by atoms with van der Waals surface area (Å²) < 4.78 is 5.13. The Kier molecular flexibility index (Phi) is 6.37. The van der Waals surface area contributed by atoms with Crippen molar-refractivity contribution >= 4 is 6.03 Å². The summed E-state index contributed by atoms with van der Waals surface area (Å²) in [6, 6.07) is 9.13. The molecule has 0 aliphatic carbocycles. The highest BCUT2D eigenvalue weighted by Gasteiger charge is 2.15. The third-order valence-corrected chi connectivity index (χ3v) is 3.96. The lowest BCUT2D eigenvalue weighted by molar-refractivity contribution is 0.166. The molecular formula is C18H25N3O3. The number of aryl methyl sites for hydroxylation is 2. The van der Waals surface area contributed by atoms with E-state index in [0.29, 0.717) is 19.4 Å². The molecule has 0 spiro atoms. The summed E-state index contributed by atoms with van der Waals surface area (Å²) in [7, 11) is 0. The Bertz CT molecular complexity index is 635. The van der Waals surface area contributed by atoms with Gasteiger partial charge in [-0.05, 0) is 39.2 Å². The van der Waals surface area contributed by atoms with E-state index in [-0.39, 0.29) is 12.1 Å². The maximum atomic E-state index is 11.9. The Morgan fingerprint density at radius 2 is 2.00 bits per heavy atom. The van der Waals surface area contributed by atoms with Gasteiger partial charge in [0.25, 0.3) is 0 Å². The van der Waals surface area contributed by atoms with Gasteiger partial charge >= 0.3 is 6.03 Å². The molecule has 2 atom stereocenters. The van der Waals surface area contributed by atoms with Crippen molar-refractivity contribution in [3.05, 3.63) is 52.9 Å². The molecule has 6 nitrogen and oxygen atoms in total. The van der Waals surface area contributed by atoms with Gasteiger partial charge in [-0.25, -0.2) is 4.79 Å². The van der Waals surface area contributed by atoms with Gasteiger partial charge in [-0.15, -0.1) is 0 Å². The third-order valence-electron chi connectivity index (χ3n) is 3.96. The zero-order valence-corrected chi connectivity index (χ0v) is 14.4. The van der Waals surface area contributed by atoms with Crippen molar-refractivity contribution in [3.8, 4) is 0 Å². The molecule has 3 N–H and O–H groups in total. The number of carbonyl (C=O) groups is 1. The molecule has 2 amide bonds. The molecule has 0 fully saturated rings. The van der Waals surface area contributed by atoms with Crippen LogP contribution in [0, 0.1) is 13.8 Å². The molecular weight excluding hydrogens is 306 g/mol. The summed E-state index contributed by atoms with van der Waals surface area (Å²) >= 11 is 0. The Hall–Kier alpha value is -2.34. The van der Waals surface area contributed by atoms with Crippen molar-refractivity contribution in [2.45, 2.75) is 45.8 Å². The van der Waals surface area contributed by atoms with Crippen molar-refractivity contribution in [2.24, 2.45) is 0 Å². The van der Waals surface area contributed by atoms with Crippen molar-refractivity contribution in [3.63, 3.8) is 0 Å². The second-order valence-electron chi connectivity index (χ2n) is 6.02. The predicted octanol–water partition coefficient (Wildman–Crippen LogP) is 2.65. The number of amides is 2. The first-order chi connectivity index (χ1) is 11.5.